The molecule has 5 rings (SSSR count). The summed E-state index contributed by atoms with van der Waals surface area (Å²) < 4.78 is 13.3. The van der Waals surface area contributed by atoms with Gasteiger partial charge >= 0.3 is 0 Å². The lowest BCUT2D eigenvalue weighted by molar-refractivity contribution is 0.216. The first-order chi connectivity index (χ1) is 14.7. The Morgan fingerprint density at radius 1 is 0.933 bits per heavy atom. The summed E-state index contributed by atoms with van der Waals surface area (Å²) in [5, 5.41) is 14.2. The van der Waals surface area contributed by atoms with Crippen LogP contribution < -0.4 is 9.47 Å². The molecule has 30 heavy (non-hydrogen) atoms. The fourth-order valence-electron chi connectivity index (χ4n) is 3.40. The highest BCUT2D eigenvalue weighted by molar-refractivity contribution is 5.86. The lowest BCUT2D eigenvalue weighted by Crippen LogP contribution is -2.10. The van der Waals surface area contributed by atoms with Crippen molar-refractivity contribution in [1.29, 1.82) is 0 Å². The molecule has 0 amide bonds. The highest BCUT2D eigenvalue weighted by Gasteiger charge is 2.18. The molecule has 0 spiro atoms. The van der Waals surface area contributed by atoms with Crippen molar-refractivity contribution in [3.63, 3.8) is 0 Å². The third-order valence-electron chi connectivity index (χ3n) is 4.93. The number of ether oxygens (including phenoxy) is 2. The van der Waals surface area contributed by atoms with E-state index in [0.717, 1.165) is 27.9 Å². The van der Waals surface area contributed by atoms with Gasteiger partial charge in [-0.2, -0.15) is 9.61 Å². The van der Waals surface area contributed by atoms with Crippen molar-refractivity contribution >= 4 is 16.6 Å². The van der Waals surface area contributed by atoms with Crippen molar-refractivity contribution in [3.05, 3.63) is 78.8 Å². The number of hydrogen-bond acceptors (Lipinski definition) is 6. The molecule has 7 heteroatoms. The van der Waals surface area contributed by atoms with Crippen LogP contribution in [0.1, 0.15) is 18.9 Å². The van der Waals surface area contributed by atoms with Crippen LogP contribution in [0.3, 0.4) is 0 Å². The van der Waals surface area contributed by atoms with Gasteiger partial charge in [0.15, 0.2) is 17.6 Å². The Bertz CT molecular complexity index is 1330. The molecular formula is C23H19N5O2. The Hall–Kier alpha value is -4.00. The minimum atomic E-state index is -0.369. The molecule has 0 saturated carbocycles. The number of hydrogen-bond donors (Lipinski definition) is 0. The third-order valence-corrected chi connectivity index (χ3v) is 4.93. The molecule has 2 aromatic carbocycles. The van der Waals surface area contributed by atoms with Crippen molar-refractivity contribution in [2.75, 3.05) is 7.11 Å². The van der Waals surface area contributed by atoms with Crippen LogP contribution in [0.2, 0.25) is 0 Å². The fraction of sp³-hybridized carbons (Fsp3) is 0.130. The van der Waals surface area contributed by atoms with Crippen LogP contribution in [0.25, 0.3) is 27.8 Å². The van der Waals surface area contributed by atoms with Crippen LogP contribution in [-0.4, -0.2) is 31.9 Å². The molecule has 1 unspecified atom stereocenters. The average Bonchev–Trinajstić information content (AvgIpc) is 3.23. The lowest BCUT2D eigenvalue weighted by Gasteiger charge is -2.15. The zero-order valence-corrected chi connectivity index (χ0v) is 16.6. The lowest BCUT2D eigenvalue weighted by atomic mass is 10.1. The molecular weight excluding hydrogens is 378 g/mol. The van der Waals surface area contributed by atoms with Gasteiger partial charge in [-0.1, -0.05) is 30.3 Å². The summed E-state index contributed by atoms with van der Waals surface area (Å²) in [4.78, 5) is 4.41. The van der Waals surface area contributed by atoms with Gasteiger partial charge in [0, 0.05) is 23.2 Å². The van der Waals surface area contributed by atoms with E-state index in [2.05, 4.69) is 15.2 Å². The van der Waals surface area contributed by atoms with Gasteiger partial charge in [-0.05, 0) is 37.3 Å². The molecule has 7 nitrogen and oxygen atoms in total. The highest BCUT2D eigenvalue weighted by Crippen LogP contribution is 2.30. The maximum absolute atomic E-state index is 6.26. The Morgan fingerprint density at radius 3 is 2.63 bits per heavy atom. The molecule has 3 aromatic heterocycles. The van der Waals surface area contributed by atoms with E-state index in [9.17, 15) is 0 Å². The second-order valence-electron chi connectivity index (χ2n) is 6.87. The standard InChI is InChI=1S/C23H19N5O2/c1-15(30-21-12-13-24-20-14-17(29-2)8-9-18(20)21)23-26-25-22-11-10-19(27-28(22)23)16-6-4-3-5-7-16/h3-15H,1-2H3. The van der Waals surface area contributed by atoms with Gasteiger partial charge in [-0.3, -0.25) is 4.98 Å². The maximum Gasteiger partial charge on any atom is 0.195 e. The van der Waals surface area contributed by atoms with E-state index in [1.54, 1.807) is 17.8 Å². The topological polar surface area (TPSA) is 74.4 Å². The summed E-state index contributed by atoms with van der Waals surface area (Å²) in [5.41, 5.74) is 3.35. The van der Waals surface area contributed by atoms with Crippen LogP contribution >= 0.6 is 0 Å². The number of aromatic nitrogens is 5. The minimum absolute atomic E-state index is 0.369. The van der Waals surface area contributed by atoms with Gasteiger partial charge in [0.2, 0.25) is 0 Å². The minimum Gasteiger partial charge on any atom is -0.497 e. The number of benzene rings is 2. The summed E-state index contributed by atoms with van der Waals surface area (Å²) in [7, 11) is 1.64. The first-order valence-electron chi connectivity index (χ1n) is 9.60. The molecule has 0 aliphatic heterocycles. The number of rotatable bonds is 5. The van der Waals surface area contributed by atoms with Gasteiger partial charge in [-0.15, -0.1) is 10.2 Å². The van der Waals surface area contributed by atoms with Gasteiger partial charge < -0.3 is 9.47 Å². The van der Waals surface area contributed by atoms with Crippen LogP contribution in [0.5, 0.6) is 11.5 Å². The average molecular weight is 397 g/mol. The Kier molecular flexibility index (Phi) is 4.48. The first kappa shape index (κ1) is 18.1. The van der Waals surface area contributed by atoms with Gasteiger partial charge in [0.05, 0.1) is 18.3 Å². The summed E-state index contributed by atoms with van der Waals surface area (Å²) in [6, 6.07) is 21.4. The van der Waals surface area contributed by atoms with Crippen molar-refractivity contribution in [3.8, 4) is 22.8 Å². The Morgan fingerprint density at radius 2 is 1.80 bits per heavy atom. The quantitative estimate of drug-likeness (QED) is 0.435. The van der Waals surface area contributed by atoms with Crippen LogP contribution in [0.15, 0.2) is 72.9 Å². The predicted octanol–water partition coefficient (Wildman–Crippen LogP) is 4.49. The summed E-state index contributed by atoms with van der Waals surface area (Å²) >= 11 is 0. The highest BCUT2D eigenvalue weighted by atomic mass is 16.5. The molecule has 148 valence electrons. The SMILES string of the molecule is COc1ccc2c(OC(C)c3nnc4ccc(-c5ccccc5)nn34)ccnc2c1. The molecule has 0 saturated heterocycles. The molecule has 0 N–H and O–H groups in total. The van der Waals surface area contributed by atoms with E-state index in [4.69, 9.17) is 14.6 Å². The predicted molar refractivity (Wildman–Crippen MR) is 114 cm³/mol. The second kappa shape index (κ2) is 7.44. The van der Waals surface area contributed by atoms with Crippen molar-refractivity contribution in [1.82, 2.24) is 24.8 Å². The third kappa shape index (κ3) is 3.20. The summed E-state index contributed by atoms with van der Waals surface area (Å²) in [6.07, 6.45) is 1.35. The van der Waals surface area contributed by atoms with E-state index in [0.29, 0.717) is 17.2 Å². The van der Waals surface area contributed by atoms with Crippen molar-refractivity contribution in [2.24, 2.45) is 0 Å². The smallest absolute Gasteiger partial charge is 0.195 e. The Balaban J connectivity index is 1.51. The zero-order valence-electron chi connectivity index (χ0n) is 16.6. The van der Waals surface area contributed by atoms with Gasteiger partial charge in [0.1, 0.15) is 11.5 Å². The van der Waals surface area contributed by atoms with E-state index in [1.165, 1.54) is 0 Å². The maximum atomic E-state index is 6.26. The number of pyridine rings is 1. The summed E-state index contributed by atoms with van der Waals surface area (Å²) in [5.74, 6) is 2.09. The number of nitrogens with zero attached hydrogens (tertiary/aromatic N) is 5. The Labute approximate surface area is 172 Å². The van der Waals surface area contributed by atoms with Gasteiger partial charge in [-0.25, -0.2) is 0 Å². The zero-order chi connectivity index (χ0) is 20.5. The molecule has 5 aromatic rings. The van der Waals surface area contributed by atoms with E-state index in [-0.39, 0.29) is 6.10 Å². The molecule has 0 fully saturated rings. The van der Waals surface area contributed by atoms with Crippen LogP contribution in [0, 0.1) is 0 Å². The molecule has 0 aliphatic rings. The van der Waals surface area contributed by atoms with E-state index >= 15 is 0 Å². The van der Waals surface area contributed by atoms with E-state index in [1.807, 2.05) is 73.7 Å². The molecule has 3 heterocycles. The molecule has 0 aliphatic carbocycles. The van der Waals surface area contributed by atoms with Crippen LogP contribution in [0.4, 0.5) is 0 Å². The van der Waals surface area contributed by atoms with Gasteiger partial charge in [0.25, 0.3) is 0 Å². The first-order valence-corrected chi connectivity index (χ1v) is 9.60. The number of methoxy groups -OCH3 is 1. The second-order valence-corrected chi connectivity index (χ2v) is 6.87. The van der Waals surface area contributed by atoms with Crippen LogP contribution in [-0.2, 0) is 0 Å². The summed E-state index contributed by atoms with van der Waals surface area (Å²) in [6.45, 7) is 1.93. The monoisotopic (exact) mass is 397 g/mol. The van der Waals surface area contributed by atoms with Crippen molar-refractivity contribution in [2.45, 2.75) is 13.0 Å². The molecule has 0 bridgehead atoms. The fourth-order valence-corrected chi connectivity index (χ4v) is 3.40. The molecule has 0 radical (unpaired) electrons. The number of fused-ring (bicyclic) bond motifs is 2. The largest absolute Gasteiger partial charge is 0.497 e. The van der Waals surface area contributed by atoms with E-state index < -0.39 is 0 Å². The normalized spacial score (nSPS) is 12.2. The molecule has 1 atom stereocenters. The van der Waals surface area contributed by atoms with Crippen molar-refractivity contribution < 1.29 is 9.47 Å².